The molecular formula is C14H20N6O7S. The lowest BCUT2D eigenvalue weighted by Gasteiger charge is -2.33. The molecule has 14 heteroatoms. The molecule has 0 spiro atoms. The second-order valence-corrected chi connectivity index (χ2v) is 7.56. The Kier molecular flexibility index (Phi) is 4.75. The van der Waals surface area contributed by atoms with Crippen molar-refractivity contribution in [3.63, 3.8) is 0 Å². The van der Waals surface area contributed by atoms with Gasteiger partial charge in [0.15, 0.2) is 6.04 Å². The van der Waals surface area contributed by atoms with Crippen LogP contribution in [0.15, 0.2) is 6.33 Å². The van der Waals surface area contributed by atoms with Gasteiger partial charge >= 0.3 is 16.4 Å². The maximum absolute atomic E-state index is 13.1. The molecule has 4 rings (SSSR count). The van der Waals surface area contributed by atoms with Gasteiger partial charge in [0.25, 0.3) is 5.91 Å². The third-order valence-electron chi connectivity index (χ3n) is 4.92. The van der Waals surface area contributed by atoms with Crippen LogP contribution in [0, 0.1) is 0 Å². The molecule has 2 N–H and O–H groups in total. The average molecular weight is 416 g/mol. The minimum absolute atomic E-state index is 0.00325. The number of nitrogens with zero attached hydrogens (tertiary/aromatic N) is 5. The zero-order chi connectivity index (χ0) is 20.1. The van der Waals surface area contributed by atoms with Crippen LogP contribution in [0.5, 0.6) is 0 Å². The van der Waals surface area contributed by atoms with Gasteiger partial charge in [-0.2, -0.15) is 13.5 Å². The normalized spacial score (nSPS) is 25.1. The van der Waals surface area contributed by atoms with E-state index in [0.29, 0.717) is 49.3 Å². The molecule has 2 fully saturated rings. The first kappa shape index (κ1) is 19.1. The van der Waals surface area contributed by atoms with Crippen molar-refractivity contribution < 1.29 is 31.6 Å². The number of morpholine rings is 1. The first-order chi connectivity index (χ1) is 13.3. The van der Waals surface area contributed by atoms with E-state index in [9.17, 15) is 18.0 Å². The molecule has 13 nitrogen and oxygen atoms in total. The van der Waals surface area contributed by atoms with E-state index in [0.717, 1.165) is 0 Å². The zero-order valence-corrected chi connectivity index (χ0v) is 15.8. The van der Waals surface area contributed by atoms with Crippen molar-refractivity contribution in [2.75, 3.05) is 32.8 Å². The van der Waals surface area contributed by atoms with E-state index < -0.39 is 34.4 Å². The highest BCUT2D eigenvalue weighted by Crippen LogP contribution is 2.43. The molecule has 0 aliphatic carbocycles. The quantitative estimate of drug-likeness (QED) is 0.567. The largest absolute Gasteiger partial charge is 0.418 e. The van der Waals surface area contributed by atoms with E-state index in [1.54, 1.807) is 9.58 Å². The SMILES string of the molecule is CCn1cnc2c1[C@@H](C(=O)NN1CCOCC1)N1C[C@@H]2N(OS(=O)(=O)O)C1=O. The molecule has 2 atom stereocenters. The summed E-state index contributed by atoms with van der Waals surface area (Å²) in [6, 6.07) is -2.71. The molecule has 0 aromatic carbocycles. The summed E-state index contributed by atoms with van der Waals surface area (Å²) in [5.41, 5.74) is 3.63. The highest BCUT2D eigenvalue weighted by molar-refractivity contribution is 7.80. The number of urea groups is 1. The molecule has 0 radical (unpaired) electrons. The predicted octanol–water partition coefficient (Wildman–Crippen LogP) is -1.17. The number of carbonyl (C=O) groups excluding carboxylic acids is 2. The number of hydrogen-bond acceptors (Lipinski definition) is 8. The number of nitrogens with one attached hydrogen (secondary N) is 1. The average Bonchev–Trinajstić information content (AvgIpc) is 3.18. The first-order valence-electron chi connectivity index (χ1n) is 8.75. The fourth-order valence-electron chi connectivity index (χ4n) is 3.72. The standard InChI is InChI=1S/C14H20N6O7S/c1-2-17-8-15-10-9-7-19(14(22)20(9)27-28(23,24)25)12(11(10)17)13(21)16-18-3-5-26-6-4-18/h8-9,12H,2-7H2,1H3,(H,16,21)(H,23,24,25)/t9-,12-/m0/s1. The van der Waals surface area contributed by atoms with Crippen LogP contribution in [0.25, 0.3) is 0 Å². The molecule has 3 aliphatic heterocycles. The number of rotatable bonds is 5. The summed E-state index contributed by atoms with van der Waals surface area (Å²) >= 11 is 0. The van der Waals surface area contributed by atoms with Gasteiger partial charge in [0.1, 0.15) is 6.04 Å². The van der Waals surface area contributed by atoms with Crippen LogP contribution in [0.4, 0.5) is 4.79 Å². The fourth-order valence-corrected chi connectivity index (χ4v) is 4.09. The van der Waals surface area contributed by atoms with Crippen molar-refractivity contribution in [3.05, 3.63) is 17.7 Å². The van der Waals surface area contributed by atoms with Crippen molar-refractivity contribution in [1.29, 1.82) is 0 Å². The topological polar surface area (TPSA) is 147 Å². The van der Waals surface area contributed by atoms with Gasteiger partial charge in [0.2, 0.25) is 0 Å². The number of hydroxylamine groups is 2. The number of fused-ring (bicyclic) bond motifs is 4. The van der Waals surface area contributed by atoms with Crippen LogP contribution < -0.4 is 5.43 Å². The van der Waals surface area contributed by atoms with Crippen LogP contribution in [-0.4, -0.2) is 82.3 Å². The Hall–Kier alpha value is -2.26. The minimum atomic E-state index is -4.92. The van der Waals surface area contributed by atoms with Gasteiger partial charge in [0.05, 0.1) is 37.5 Å². The molecule has 28 heavy (non-hydrogen) atoms. The van der Waals surface area contributed by atoms with Gasteiger partial charge in [-0.15, -0.1) is 4.28 Å². The van der Waals surface area contributed by atoms with Gasteiger partial charge in [-0.25, -0.2) is 14.8 Å². The van der Waals surface area contributed by atoms with Crippen molar-refractivity contribution >= 4 is 22.3 Å². The van der Waals surface area contributed by atoms with E-state index in [4.69, 9.17) is 9.29 Å². The summed E-state index contributed by atoms with van der Waals surface area (Å²) in [5, 5.41) is 2.25. The van der Waals surface area contributed by atoms with Crippen molar-refractivity contribution in [2.24, 2.45) is 0 Å². The maximum atomic E-state index is 13.1. The molecule has 1 aromatic heterocycles. The Balaban J connectivity index is 1.69. The van der Waals surface area contributed by atoms with Crippen molar-refractivity contribution in [2.45, 2.75) is 25.6 Å². The molecule has 3 aliphatic rings. The van der Waals surface area contributed by atoms with Gasteiger partial charge < -0.3 is 14.2 Å². The van der Waals surface area contributed by atoms with Gasteiger partial charge in [-0.05, 0) is 6.92 Å². The summed E-state index contributed by atoms with van der Waals surface area (Å²) in [6.45, 7) is 4.33. The lowest BCUT2D eigenvalue weighted by molar-refractivity contribution is -0.133. The molecule has 2 saturated heterocycles. The third-order valence-corrected chi connectivity index (χ3v) is 5.27. The van der Waals surface area contributed by atoms with Crippen molar-refractivity contribution in [3.8, 4) is 0 Å². The Morgan fingerprint density at radius 2 is 2.14 bits per heavy atom. The molecule has 4 heterocycles. The van der Waals surface area contributed by atoms with Crippen LogP contribution in [0.1, 0.15) is 30.4 Å². The van der Waals surface area contributed by atoms with Gasteiger partial charge in [0, 0.05) is 19.6 Å². The Labute approximate surface area is 160 Å². The van der Waals surface area contributed by atoms with Crippen LogP contribution in [-0.2, 0) is 30.8 Å². The number of imidazole rings is 1. The van der Waals surface area contributed by atoms with Crippen LogP contribution in [0.2, 0.25) is 0 Å². The fraction of sp³-hybridized carbons (Fsp3) is 0.643. The maximum Gasteiger partial charge on any atom is 0.418 e. The lowest BCUT2D eigenvalue weighted by atomic mass is 10.0. The van der Waals surface area contributed by atoms with E-state index in [1.807, 2.05) is 6.92 Å². The second kappa shape index (κ2) is 6.97. The van der Waals surface area contributed by atoms with E-state index in [-0.39, 0.29) is 6.54 Å². The van der Waals surface area contributed by atoms with E-state index >= 15 is 0 Å². The molecule has 3 amide bonds. The molecule has 2 bridgehead atoms. The highest BCUT2D eigenvalue weighted by atomic mass is 32.3. The second-order valence-electron chi connectivity index (χ2n) is 6.56. The molecular weight excluding hydrogens is 396 g/mol. The monoisotopic (exact) mass is 416 g/mol. The van der Waals surface area contributed by atoms with E-state index in [1.165, 1.54) is 11.2 Å². The highest BCUT2D eigenvalue weighted by Gasteiger charge is 2.54. The summed E-state index contributed by atoms with van der Waals surface area (Å²) < 4.78 is 42.8. The Morgan fingerprint density at radius 1 is 1.43 bits per heavy atom. The minimum Gasteiger partial charge on any atom is -0.379 e. The first-order valence-corrected chi connectivity index (χ1v) is 10.1. The zero-order valence-electron chi connectivity index (χ0n) is 15.0. The molecule has 0 saturated carbocycles. The Morgan fingerprint density at radius 3 is 2.79 bits per heavy atom. The smallest absolute Gasteiger partial charge is 0.379 e. The summed E-state index contributed by atoms with van der Waals surface area (Å²) in [5.74, 6) is -0.446. The van der Waals surface area contributed by atoms with Crippen molar-refractivity contribution in [1.82, 2.24) is 29.9 Å². The number of aryl methyl sites for hydroxylation is 1. The van der Waals surface area contributed by atoms with Crippen LogP contribution >= 0.6 is 0 Å². The van der Waals surface area contributed by atoms with Gasteiger partial charge in [-0.3, -0.25) is 14.8 Å². The van der Waals surface area contributed by atoms with Gasteiger partial charge in [-0.1, -0.05) is 0 Å². The van der Waals surface area contributed by atoms with E-state index in [2.05, 4.69) is 14.7 Å². The summed E-state index contributed by atoms with van der Waals surface area (Å²) in [7, 11) is -4.92. The summed E-state index contributed by atoms with van der Waals surface area (Å²) in [4.78, 5) is 31.3. The molecule has 154 valence electrons. The third kappa shape index (κ3) is 3.22. The summed E-state index contributed by atoms with van der Waals surface area (Å²) in [6.07, 6.45) is 1.53. The Bertz CT molecular complexity index is 896. The van der Waals surface area contributed by atoms with Crippen LogP contribution in [0.3, 0.4) is 0 Å². The molecule has 0 unspecified atom stereocenters. The number of ether oxygens (including phenoxy) is 1. The predicted molar refractivity (Wildman–Crippen MR) is 90.5 cm³/mol. The number of hydrogen-bond donors (Lipinski definition) is 2. The lowest BCUT2D eigenvalue weighted by Crippen LogP contribution is -2.53. The number of hydrazine groups is 1. The number of amides is 3. The molecule has 1 aromatic rings. The number of carbonyl (C=O) groups is 2. The number of aromatic nitrogens is 2.